The van der Waals surface area contributed by atoms with Crippen LogP contribution >= 0.6 is 0 Å². The number of rotatable bonds is 3. The minimum Gasteiger partial charge on any atom is -0.308 e. The molecular weight excluding hydrogens is 763 g/mol. The number of allylic oxidation sites excluding steroid dienone is 4. The molecular formula is C60H37N3. The Morgan fingerprint density at radius 2 is 1.19 bits per heavy atom. The summed E-state index contributed by atoms with van der Waals surface area (Å²) >= 11 is 0. The highest BCUT2D eigenvalue weighted by Crippen LogP contribution is 2.62. The van der Waals surface area contributed by atoms with Gasteiger partial charge >= 0.3 is 0 Å². The third-order valence-electron chi connectivity index (χ3n) is 14.7. The van der Waals surface area contributed by atoms with Crippen molar-refractivity contribution < 1.29 is 0 Å². The first-order chi connectivity index (χ1) is 31.3. The lowest BCUT2D eigenvalue weighted by atomic mass is 9.87. The first-order valence-electron chi connectivity index (χ1n) is 22.3. The van der Waals surface area contributed by atoms with Crippen LogP contribution in [0.2, 0.25) is 0 Å². The average Bonchev–Trinajstić information content (AvgIpc) is 4.10. The normalized spacial score (nSPS) is 16.5. The van der Waals surface area contributed by atoms with Crippen LogP contribution in [0.4, 0.5) is 0 Å². The molecule has 0 fully saturated rings. The second-order valence-corrected chi connectivity index (χ2v) is 17.8. The van der Waals surface area contributed by atoms with E-state index in [1.165, 1.54) is 116 Å². The summed E-state index contributed by atoms with van der Waals surface area (Å²) in [6.45, 7) is 0. The van der Waals surface area contributed by atoms with E-state index in [2.05, 4.69) is 193 Å². The minimum absolute atomic E-state index is 0.0240. The van der Waals surface area contributed by atoms with Gasteiger partial charge in [0.15, 0.2) is 0 Å². The van der Waals surface area contributed by atoms with Gasteiger partial charge in [-0.3, -0.25) is 0 Å². The van der Waals surface area contributed by atoms with Crippen LogP contribution in [0.1, 0.15) is 51.9 Å². The molecule has 2 aromatic heterocycles. The maximum absolute atomic E-state index is 5.51. The van der Waals surface area contributed by atoms with Gasteiger partial charge in [-0.05, 0) is 97.0 Å². The molecule has 2 unspecified atom stereocenters. The van der Waals surface area contributed by atoms with Crippen LogP contribution in [-0.2, 0) is 6.42 Å². The number of hydrogen-bond donors (Lipinski definition) is 0. The predicted octanol–water partition coefficient (Wildman–Crippen LogP) is 15.0. The smallest absolute Gasteiger partial charge is 0.136 e. The van der Waals surface area contributed by atoms with Crippen LogP contribution in [0.15, 0.2) is 188 Å². The molecule has 3 nitrogen and oxygen atoms in total. The highest BCUT2D eigenvalue weighted by molar-refractivity contribution is 6.31. The lowest BCUT2D eigenvalue weighted by Gasteiger charge is -2.21. The highest BCUT2D eigenvalue weighted by Gasteiger charge is 2.42. The zero-order valence-electron chi connectivity index (χ0n) is 34.3. The molecule has 0 N–H and O–H groups in total. The van der Waals surface area contributed by atoms with E-state index in [1.807, 2.05) is 0 Å². The van der Waals surface area contributed by atoms with Crippen LogP contribution in [0, 0.1) is 0 Å². The van der Waals surface area contributed by atoms with E-state index in [9.17, 15) is 0 Å². The Morgan fingerprint density at radius 1 is 0.476 bits per heavy atom. The second kappa shape index (κ2) is 12.4. The van der Waals surface area contributed by atoms with Crippen LogP contribution < -0.4 is 0 Å². The fourth-order valence-electron chi connectivity index (χ4n) is 12.2. The van der Waals surface area contributed by atoms with Crippen LogP contribution in [-0.4, -0.2) is 14.5 Å². The van der Waals surface area contributed by atoms with E-state index >= 15 is 0 Å². The van der Waals surface area contributed by atoms with Crippen molar-refractivity contribution >= 4 is 60.0 Å². The molecule has 11 aromatic rings. The van der Waals surface area contributed by atoms with Gasteiger partial charge in [0.05, 0.1) is 22.2 Å². The first kappa shape index (κ1) is 33.8. The summed E-state index contributed by atoms with van der Waals surface area (Å²) in [5.74, 6) is 1.10. The highest BCUT2D eigenvalue weighted by atomic mass is 15.0. The van der Waals surface area contributed by atoms with Gasteiger partial charge in [0.25, 0.3) is 0 Å². The third kappa shape index (κ3) is 4.43. The maximum atomic E-state index is 5.51. The summed E-state index contributed by atoms with van der Waals surface area (Å²) < 4.78 is 2.59. The SMILES string of the molecule is C1=CC(c2nc(-c3cccc4c3-c3ccccc3C4)c3ccccc3n2)CC=C1n1c2c3ccccc3ccc2c2c3c(c4ccccc4c21)C1c2ccccc2-c2cccc-3c21. The Bertz CT molecular complexity index is 3940. The molecule has 0 saturated heterocycles. The molecule has 15 rings (SSSR count). The fraction of sp³-hybridized carbons (Fsp3) is 0.0667. The summed E-state index contributed by atoms with van der Waals surface area (Å²) in [7, 11) is 0. The van der Waals surface area contributed by atoms with Crippen LogP contribution in [0.5, 0.6) is 0 Å². The van der Waals surface area contributed by atoms with Gasteiger partial charge in [0, 0.05) is 50.0 Å². The molecule has 0 spiro atoms. The molecule has 0 bridgehead atoms. The van der Waals surface area contributed by atoms with Crippen molar-refractivity contribution in [1.82, 2.24) is 14.5 Å². The lowest BCUT2D eigenvalue weighted by molar-refractivity contribution is 0.780. The zero-order chi connectivity index (χ0) is 40.9. The van der Waals surface area contributed by atoms with Crippen molar-refractivity contribution in [1.29, 1.82) is 0 Å². The molecule has 0 radical (unpaired) electrons. The topological polar surface area (TPSA) is 30.7 Å². The van der Waals surface area contributed by atoms with Crippen molar-refractivity contribution in [3.8, 4) is 44.6 Å². The van der Waals surface area contributed by atoms with Crippen molar-refractivity contribution in [2.75, 3.05) is 0 Å². The Hall–Kier alpha value is -7.88. The molecule has 2 atom stereocenters. The van der Waals surface area contributed by atoms with Crippen LogP contribution in [0.3, 0.4) is 0 Å². The van der Waals surface area contributed by atoms with Gasteiger partial charge in [0.1, 0.15) is 5.82 Å². The van der Waals surface area contributed by atoms with Gasteiger partial charge in [-0.25, -0.2) is 9.97 Å². The Kier molecular flexibility index (Phi) is 6.63. The number of nitrogens with zero attached hydrogens (tertiary/aromatic N) is 3. The van der Waals surface area contributed by atoms with Crippen LogP contribution in [0.25, 0.3) is 105 Å². The molecule has 9 aromatic carbocycles. The quantitative estimate of drug-likeness (QED) is 0.178. The minimum atomic E-state index is 0.0240. The number of hydrogen-bond acceptors (Lipinski definition) is 2. The van der Waals surface area contributed by atoms with E-state index in [-0.39, 0.29) is 11.8 Å². The van der Waals surface area contributed by atoms with E-state index in [4.69, 9.17) is 9.97 Å². The molecule has 4 aliphatic rings. The number of para-hydroxylation sites is 1. The molecule has 4 aliphatic carbocycles. The summed E-state index contributed by atoms with van der Waals surface area (Å²) in [4.78, 5) is 10.8. The molecule has 3 heteroatoms. The Morgan fingerprint density at radius 3 is 2.10 bits per heavy atom. The van der Waals surface area contributed by atoms with E-state index in [0.29, 0.717) is 0 Å². The number of aromatic nitrogens is 3. The van der Waals surface area contributed by atoms with Crippen molar-refractivity contribution in [3.63, 3.8) is 0 Å². The predicted molar refractivity (Wildman–Crippen MR) is 260 cm³/mol. The summed E-state index contributed by atoms with van der Waals surface area (Å²) in [6, 6.07) is 63.0. The molecule has 2 heterocycles. The maximum Gasteiger partial charge on any atom is 0.136 e. The lowest BCUT2D eigenvalue weighted by Crippen LogP contribution is -2.08. The molecule has 0 aliphatic heterocycles. The zero-order valence-corrected chi connectivity index (χ0v) is 34.3. The Balaban J connectivity index is 0.946. The van der Waals surface area contributed by atoms with Crippen molar-refractivity contribution in [3.05, 3.63) is 222 Å². The molecule has 63 heavy (non-hydrogen) atoms. The summed E-state index contributed by atoms with van der Waals surface area (Å²) in [6.07, 6.45) is 8.89. The summed E-state index contributed by atoms with van der Waals surface area (Å²) in [5.41, 5.74) is 22.1. The number of benzene rings is 9. The molecule has 292 valence electrons. The largest absolute Gasteiger partial charge is 0.308 e. The Labute approximate surface area is 364 Å². The van der Waals surface area contributed by atoms with Gasteiger partial charge in [-0.2, -0.15) is 0 Å². The molecule has 0 saturated carbocycles. The fourth-order valence-corrected chi connectivity index (χ4v) is 12.2. The van der Waals surface area contributed by atoms with E-state index in [1.54, 1.807) is 0 Å². The van der Waals surface area contributed by atoms with Crippen molar-refractivity contribution in [2.24, 2.45) is 0 Å². The average molecular weight is 800 g/mol. The van der Waals surface area contributed by atoms with Crippen molar-refractivity contribution in [2.45, 2.75) is 24.7 Å². The van der Waals surface area contributed by atoms with E-state index < -0.39 is 0 Å². The van der Waals surface area contributed by atoms with Gasteiger partial charge < -0.3 is 4.57 Å². The summed E-state index contributed by atoms with van der Waals surface area (Å²) in [5, 5.41) is 8.87. The van der Waals surface area contributed by atoms with E-state index in [0.717, 1.165) is 35.3 Å². The first-order valence-corrected chi connectivity index (χ1v) is 22.3. The standard InChI is InChI=1S/C60H37N3/c1-4-17-40-34(13-1)29-32-49-56-55-47-24-12-23-42-41-18-5-6-19-43(41)53(52(42)47)54(55)44-20-7-8-21-45(44)59(56)63(58(40)49)38-30-27-35(28-31-38)60-61-50-26-10-9-22-46(50)57(62-60)48-25-11-15-37-33-36-14-2-3-16-39(36)51(37)48/h1-27,29-32,35,53H,28,33H2. The number of fused-ring (bicyclic) bond motifs is 19. The monoisotopic (exact) mass is 799 g/mol. The second-order valence-electron chi connectivity index (χ2n) is 17.8. The molecule has 0 amide bonds. The van der Waals surface area contributed by atoms with Gasteiger partial charge in [-0.15, -0.1) is 0 Å². The van der Waals surface area contributed by atoms with Gasteiger partial charge in [-0.1, -0.05) is 176 Å². The third-order valence-corrected chi connectivity index (χ3v) is 14.7. The van der Waals surface area contributed by atoms with Gasteiger partial charge in [0.2, 0.25) is 0 Å².